The van der Waals surface area contributed by atoms with Crippen LogP contribution in [0.4, 0.5) is 5.69 Å². The fourth-order valence-electron chi connectivity index (χ4n) is 4.41. The van der Waals surface area contributed by atoms with Gasteiger partial charge in [-0.2, -0.15) is 0 Å². The Kier molecular flexibility index (Phi) is 5.96. The van der Waals surface area contributed by atoms with Crippen molar-refractivity contribution in [2.75, 3.05) is 12.0 Å². The van der Waals surface area contributed by atoms with Crippen LogP contribution in [0.5, 0.6) is 5.75 Å². The number of nitrogens with one attached hydrogen (secondary N) is 1. The third kappa shape index (κ3) is 4.24. The highest BCUT2D eigenvalue weighted by molar-refractivity contribution is 7.80. The largest absolute Gasteiger partial charge is 0.497 e. The molecule has 2 N–H and O–H groups in total. The zero-order valence-electron chi connectivity index (χ0n) is 19.1. The number of rotatable bonds is 6. The van der Waals surface area contributed by atoms with E-state index in [9.17, 15) is 9.90 Å². The molecule has 3 heterocycles. The molecule has 1 saturated heterocycles. The molecule has 0 unspecified atom stereocenters. The van der Waals surface area contributed by atoms with Crippen molar-refractivity contribution in [1.29, 1.82) is 0 Å². The van der Waals surface area contributed by atoms with Gasteiger partial charge in [0.2, 0.25) is 0 Å². The summed E-state index contributed by atoms with van der Waals surface area (Å²) in [6.07, 6.45) is 1.76. The number of anilines is 1. The second-order valence-corrected chi connectivity index (χ2v) is 8.62. The molecule has 8 heteroatoms. The first-order chi connectivity index (χ1) is 17.0. The number of carbonyl (C=O) groups is 1. The van der Waals surface area contributed by atoms with E-state index < -0.39 is 5.97 Å². The van der Waals surface area contributed by atoms with Gasteiger partial charge in [-0.15, -0.1) is 0 Å². The Hall–Kier alpha value is -4.17. The number of thiocarbonyl (C=S) groups is 1. The highest BCUT2D eigenvalue weighted by Crippen LogP contribution is 2.43. The average molecular weight is 486 g/mol. The molecule has 35 heavy (non-hydrogen) atoms. The zero-order chi connectivity index (χ0) is 24.5. The Morgan fingerprint density at radius 1 is 1.11 bits per heavy atom. The van der Waals surface area contributed by atoms with E-state index >= 15 is 0 Å². The quantitative estimate of drug-likeness (QED) is 0.345. The topological polar surface area (TPSA) is 87.8 Å². The van der Waals surface area contributed by atoms with Gasteiger partial charge in [0.15, 0.2) is 5.11 Å². The fourth-order valence-corrected chi connectivity index (χ4v) is 4.76. The van der Waals surface area contributed by atoms with Crippen LogP contribution in [0, 0.1) is 6.92 Å². The number of carboxylic acid groups (broad SMARTS) is 1. The van der Waals surface area contributed by atoms with Crippen molar-refractivity contribution in [2.45, 2.75) is 19.0 Å². The third-order valence-corrected chi connectivity index (χ3v) is 6.40. The van der Waals surface area contributed by atoms with Crippen molar-refractivity contribution in [2.24, 2.45) is 0 Å². The molecule has 0 aliphatic carbocycles. The third-order valence-electron chi connectivity index (χ3n) is 6.09. The van der Waals surface area contributed by atoms with E-state index in [-0.39, 0.29) is 17.6 Å². The number of nitrogens with zero attached hydrogens (tertiary/aromatic N) is 2. The minimum absolute atomic E-state index is 0.239. The number of aryl methyl sites for hydroxylation is 1. The molecule has 7 nitrogen and oxygen atoms in total. The Morgan fingerprint density at radius 3 is 2.69 bits per heavy atom. The molecule has 4 aromatic rings. The SMILES string of the molecule is COc1cccc(N2C(=S)N[C@H](c3ccccn3)[C@@H]2c2ccc(-c3ccc(C(=O)O)cc3C)o2)c1. The van der Waals surface area contributed by atoms with Crippen LogP contribution in [0.1, 0.15) is 39.5 Å². The molecule has 176 valence electrons. The number of carboxylic acids is 1. The van der Waals surface area contributed by atoms with Crippen LogP contribution in [-0.4, -0.2) is 28.3 Å². The molecule has 1 aliphatic rings. The number of pyridine rings is 1. The minimum atomic E-state index is -0.961. The van der Waals surface area contributed by atoms with Crippen molar-refractivity contribution in [3.8, 4) is 17.1 Å². The van der Waals surface area contributed by atoms with Crippen molar-refractivity contribution in [3.63, 3.8) is 0 Å². The van der Waals surface area contributed by atoms with Gasteiger partial charge < -0.3 is 24.5 Å². The molecule has 0 saturated carbocycles. The van der Waals surface area contributed by atoms with Gasteiger partial charge in [-0.1, -0.05) is 18.2 Å². The number of hydrogen-bond donors (Lipinski definition) is 2. The summed E-state index contributed by atoms with van der Waals surface area (Å²) in [6, 6.07) is 21.8. The fraction of sp³-hybridized carbons (Fsp3) is 0.148. The van der Waals surface area contributed by atoms with Gasteiger partial charge in [0.1, 0.15) is 23.3 Å². The van der Waals surface area contributed by atoms with Crippen LogP contribution in [0.25, 0.3) is 11.3 Å². The molecule has 0 bridgehead atoms. The van der Waals surface area contributed by atoms with E-state index in [1.807, 2.05) is 66.4 Å². The lowest BCUT2D eigenvalue weighted by molar-refractivity contribution is 0.0696. The second kappa shape index (κ2) is 9.23. The summed E-state index contributed by atoms with van der Waals surface area (Å²) in [4.78, 5) is 17.9. The second-order valence-electron chi connectivity index (χ2n) is 8.23. The predicted molar refractivity (Wildman–Crippen MR) is 137 cm³/mol. The van der Waals surface area contributed by atoms with E-state index in [1.165, 1.54) is 0 Å². The van der Waals surface area contributed by atoms with Gasteiger partial charge in [-0.25, -0.2) is 4.79 Å². The highest BCUT2D eigenvalue weighted by Gasteiger charge is 2.42. The number of ether oxygens (including phenoxy) is 1. The molecule has 2 aromatic heterocycles. The number of aromatic nitrogens is 1. The van der Waals surface area contributed by atoms with E-state index in [0.29, 0.717) is 16.6 Å². The summed E-state index contributed by atoms with van der Waals surface area (Å²) < 4.78 is 11.8. The Labute approximate surface area is 208 Å². The minimum Gasteiger partial charge on any atom is -0.497 e. The van der Waals surface area contributed by atoms with Crippen LogP contribution < -0.4 is 15.0 Å². The molecule has 5 rings (SSSR count). The van der Waals surface area contributed by atoms with E-state index in [0.717, 1.165) is 28.3 Å². The molecule has 2 aromatic carbocycles. The van der Waals surface area contributed by atoms with Crippen molar-refractivity contribution >= 4 is 29.0 Å². The van der Waals surface area contributed by atoms with E-state index in [4.69, 9.17) is 21.4 Å². The molecule has 1 aliphatic heterocycles. The number of methoxy groups -OCH3 is 1. The first-order valence-electron chi connectivity index (χ1n) is 11.0. The number of aromatic carboxylic acids is 1. The Morgan fingerprint density at radius 2 is 1.97 bits per heavy atom. The number of benzene rings is 2. The Balaban J connectivity index is 1.59. The van der Waals surface area contributed by atoms with Gasteiger partial charge in [0, 0.05) is 23.5 Å². The lowest BCUT2D eigenvalue weighted by Crippen LogP contribution is -2.29. The summed E-state index contributed by atoms with van der Waals surface area (Å²) in [7, 11) is 1.63. The summed E-state index contributed by atoms with van der Waals surface area (Å²) in [5.74, 6) is 1.11. The smallest absolute Gasteiger partial charge is 0.335 e. The van der Waals surface area contributed by atoms with Gasteiger partial charge in [-0.05, 0) is 73.2 Å². The number of hydrogen-bond acceptors (Lipinski definition) is 5. The standard InChI is InChI=1S/C27H23N3O4S/c1-16-14-17(26(31)32)9-10-20(16)22-11-12-23(34-22)25-24(21-8-3-4-13-28-21)29-27(35)30(25)18-6-5-7-19(15-18)33-2/h3-15,24-25H,1-2H3,(H,29,35)(H,31,32)/t24-,25+/m1/s1. The molecule has 0 radical (unpaired) electrons. The maximum absolute atomic E-state index is 11.3. The molecule has 0 spiro atoms. The van der Waals surface area contributed by atoms with Crippen LogP contribution in [0.15, 0.2) is 83.4 Å². The first kappa shape index (κ1) is 22.6. The summed E-state index contributed by atoms with van der Waals surface area (Å²) >= 11 is 5.76. The van der Waals surface area contributed by atoms with Crippen LogP contribution in [-0.2, 0) is 0 Å². The first-order valence-corrected chi connectivity index (χ1v) is 11.5. The van der Waals surface area contributed by atoms with Gasteiger partial charge in [0.05, 0.1) is 24.4 Å². The van der Waals surface area contributed by atoms with Crippen molar-refractivity contribution in [1.82, 2.24) is 10.3 Å². The van der Waals surface area contributed by atoms with Crippen molar-refractivity contribution < 1.29 is 19.1 Å². The lowest BCUT2D eigenvalue weighted by Gasteiger charge is -2.26. The van der Waals surface area contributed by atoms with Gasteiger partial charge in [0.25, 0.3) is 0 Å². The van der Waals surface area contributed by atoms with Crippen molar-refractivity contribution in [3.05, 3.63) is 102 Å². The number of furan rings is 1. The maximum Gasteiger partial charge on any atom is 0.335 e. The van der Waals surface area contributed by atoms with E-state index in [2.05, 4.69) is 10.3 Å². The normalized spacial score (nSPS) is 17.3. The van der Waals surface area contributed by atoms with Crippen LogP contribution in [0.3, 0.4) is 0 Å². The zero-order valence-corrected chi connectivity index (χ0v) is 20.0. The van der Waals surface area contributed by atoms with Gasteiger partial charge in [-0.3, -0.25) is 4.98 Å². The molecule has 0 amide bonds. The lowest BCUT2D eigenvalue weighted by atomic mass is 10.0. The van der Waals surface area contributed by atoms with E-state index in [1.54, 1.807) is 31.5 Å². The van der Waals surface area contributed by atoms with Crippen LogP contribution in [0.2, 0.25) is 0 Å². The molecular weight excluding hydrogens is 462 g/mol. The van der Waals surface area contributed by atoms with Gasteiger partial charge >= 0.3 is 5.97 Å². The maximum atomic E-state index is 11.3. The highest BCUT2D eigenvalue weighted by atomic mass is 32.1. The van der Waals surface area contributed by atoms with Crippen LogP contribution >= 0.6 is 12.2 Å². The molecular formula is C27H23N3O4S. The Bertz CT molecular complexity index is 1400. The summed E-state index contributed by atoms with van der Waals surface area (Å²) in [5, 5.41) is 13.3. The summed E-state index contributed by atoms with van der Waals surface area (Å²) in [6.45, 7) is 1.87. The molecule has 2 atom stereocenters. The predicted octanol–water partition coefficient (Wildman–Crippen LogP) is 5.53. The average Bonchev–Trinajstić information content (AvgIpc) is 3.49. The molecule has 1 fully saturated rings. The summed E-state index contributed by atoms with van der Waals surface area (Å²) in [5.41, 5.74) is 3.59. The monoisotopic (exact) mass is 485 g/mol.